The Kier molecular flexibility index (Phi) is 7.30. The van der Waals surface area contributed by atoms with Crippen LogP contribution in [0.5, 0.6) is 0 Å². The Hall–Kier alpha value is -2.19. The summed E-state index contributed by atoms with van der Waals surface area (Å²) >= 11 is 12.3. The number of halogens is 2. The lowest BCUT2D eigenvalue weighted by atomic mass is 10.0. The number of ether oxygens (including phenoxy) is 1. The summed E-state index contributed by atoms with van der Waals surface area (Å²) in [4.78, 5) is 33.4. The topological polar surface area (TPSA) is 74.8 Å². The van der Waals surface area contributed by atoms with E-state index in [1.54, 1.807) is 12.1 Å². The summed E-state index contributed by atoms with van der Waals surface area (Å²) in [7, 11) is 0. The van der Waals surface area contributed by atoms with Crippen molar-refractivity contribution in [2.75, 3.05) is 38.1 Å². The van der Waals surface area contributed by atoms with Crippen molar-refractivity contribution in [2.45, 2.75) is 32.4 Å². The van der Waals surface area contributed by atoms with E-state index >= 15 is 0 Å². The van der Waals surface area contributed by atoms with Crippen molar-refractivity contribution in [2.24, 2.45) is 0 Å². The first-order valence-corrected chi connectivity index (χ1v) is 11.5. The Bertz CT molecular complexity index is 1000. The molecule has 32 heavy (non-hydrogen) atoms. The van der Waals surface area contributed by atoms with Gasteiger partial charge in [0.1, 0.15) is 6.10 Å². The van der Waals surface area contributed by atoms with Crippen molar-refractivity contribution in [1.29, 1.82) is 0 Å². The summed E-state index contributed by atoms with van der Waals surface area (Å²) in [6.07, 6.45) is 4.46. The minimum atomic E-state index is -0.294. The molecule has 1 unspecified atom stereocenters. The molecule has 1 N–H and O–H groups in total. The van der Waals surface area contributed by atoms with Gasteiger partial charge in [-0.25, -0.2) is 0 Å². The number of aromatic nitrogens is 1. The lowest BCUT2D eigenvalue weighted by Gasteiger charge is -2.36. The Morgan fingerprint density at radius 3 is 2.59 bits per heavy atom. The molecule has 1 aromatic carbocycles. The second-order valence-corrected chi connectivity index (χ2v) is 9.06. The van der Waals surface area contributed by atoms with E-state index in [1.165, 1.54) is 12.4 Å². The standard InChI is InChI=1S/C23H26Cl2N4O3/c1-15-17(14-28-4-6-29(7-5-28)23(31)21-3-2-8-32-21)10-18(24)11-20(15)27-22(30)16-9-19(25)13-26-12-16/h9-13,21H,2-8,14H2,1H3,(H,27,30). The molecule has 1 atom stereocenters. The van der Waals surface area contributed by atoms with Crippen LogP contribution in [-0.2, 0) is 16.1 Å². The average molecular weight is 477 g/mol. The molecule has 9 heteroatoms. The third kappa shape index (κ3) is 5.41. The zero-order valence-corrected chi connectivity index (χ0v) is 19.5. The number of hydrogen-bond donors (Lipinski definition) is 1. The minimum Gasteiger partial charge on any atom is -0.368 e. The van der Waals surface area contributed by atoms with E-state index in [0.717, 1.165) is 37.1 Å². The second kappa shape index (κ2) is 10.2. The number of pyridine rings is 1. The van der Waals surface area contributed by atoms with Crippen LogP contribution in [0.15, 0.2) is 30.6 Å². The summed E-state index contributed by atoms with van der Waals surface area (Å²) in [5.41, 5.74) is 3.03. The van der Waals surface area contributed by atoms with E-state index in [9.17, 15) is 9.59 Å². The van der Waals surface area contributed by atoms with Gasteiger partial charge >= 0.3 is 0 Å². The SMILES string of the molecule is Cc1c(CN2CCN(C(=O)C3CCCO3)CC2)cc(Cl)cc1NC(=O)c1cncc(Cl)c1. The molecule has 2 aliphatic heterocycles. The Morgan fingerprint density at radius 2 is 1.91 bits per heavy atom. The van der Waals surface area contributed by atoms with Crippen LogP contribution in [0.2, 0.25) is 10.0 Å². The number of rotatable bonds is 5. The van der Waals surface area contributed by atoms with Gasteiger partial charge in [-0.2, -0.15) is 0 Å². The number of nitrogens with one attached hydrogen (secondary N) is 1. The van der Waals surface area contributed by atoms with Gasteiger partial charge in [-0.1, -0.05) is 23.2 Å². The highest BCUT2D eigenvalue weighted by Crippen LogP contribution is 2.27. The normalized spacial score (nSPS) is 19.2. The molecule has 0 aliphatic carbocycles. The van der Waals surface area contributed by atoms with Gasteiger partial charge in [0, 0.05) is 62.4 Å². The van der Waals surface area contributed by atoms with E-state index in [4.69, 9.17) is 27.9 Å². The zero-order valence-electron chi connectivity index (χ0n) is 17.9. The van der Waals surface area contributed by atoms with Crippen LogP contribution in [0.25, 0.3) is 0 Å². The van der Waals surface area contributed by atoms with Crippen molar-refractivity contribution in [3.05, 3.63) is 57.3 Å². The number of anilines is 1. The van der Waals surface area contributed by atoms with Crippen LogP contribution >= 0.6 is 23.2 Å². The van der Waals surface area contributed by atoms with Gasteiger partial charge < -0.3 is 15.0 Å². The Labute approximate surface area is 197 Å². The molecule has 2 aliphatic rings. The summed E-state index contributed by atoms with van der Waals surface area (Å²) in [6, 6.07) is 5.24. The highest BCUT2D eigenvalue weighted by atomic mass is 35.5. The van der Waals surface area contributed by atoms with Crippen molar-refractivity contribution in [1.82, 2.24) is 14.8 Å². The van der Waals surface area contributed by atoms with Crippen LogP contribution in [0, 0.1) is 6.92 Å². The number of nitrogens with zero attached hydrogens (tertiary/aromatic N) is 3. The number of benzene rings is 1. The molecule has 3 heterocycles. The first-order chi connectivity index (χ1) is 15.4. The number of carbonyl (C=O) groups excluding carboxylic acids is 2. The fourth-order valence-corrected chi connectivity index (χ4v) is 4.52. The predicted octanol–water partition coefficient (Wildman–Crippen LogP) is 3.77. The largest absolute Gasteiger partial charge is 0.368 e. The van der Waals surface area contributed by atoms with E-state index < -0.39 is 0 Å². The molecule has 7 nitrogen and oxygen atoms in total. The first kappa shape index (κ1) is 23.0. The maximum Gasteiger partial charge on any atom is 0.257 e. The lowest BCUT2D eigenvalue weighted by Crippen LogP contribution is -2.51. The van der Waals surface area contributed by atoms with Crippen LogP contribution in [0.3, 0.4) is 0 Å². The van der Waals surface area contributed by atoms with E-state index in [2.05, 4.69) is 15.2 Å². The molecule has 0 spiro atoms. The maximum absolute atomic E-state index is 12.6. The molecule has 2 amide bonds. The van der Waals surface area contributed by atoms with Crippen molar-refractivity contribution in [3.8, 4) is 0 Å². The third-order valence-corrected chi connectivity index (χ3v) is 6.40. The number of carbonyl (C=O) groups is 2. The van der Waals surface area contributed by atoms with Gasteiger partial charge in [0.2, 0.25) is 0 Å². The molecule has 2 fully saturated rings. The Balaban J connectivity index is 1.39. The molecule has 2 aromatic rings. The van der Waals surface area contributed by atoms with Gasteiger partial charge in [0.25, 0.3) is 11.8 Å². The first-order valence-electron chi connectivity index (χ1n) is 10.7. The lowest BCUT2D eigenvalue weighted by molar-refractivity contribution is -0.142. The molecular weight excluding hydrogens is 451 g/mol. The van der Waals surface area contributed by atoms with Crippen molar-refractivity contribution < 1.29 is 14.3 Å². The monoisotopic (exact) mass is 476 g/mol. The molecule has 4 rings (SSSR count). The molecule has 0 radical (unpaired) electrons. The molecule has 1 aromatic heterocycles. The highest BCUT2D eigenvalue weighted by Gasteiger charge is 2.30. The summed E-state index contributed by atoms with van der Waals surface area (Å²) in [5, 5.41) is 3.87. The molecule has 0 bridgehead atoms. The summed E-state index contributed by atoms with van der Waals surface area (Å²) in [6.45, 7) is 6.26. The van der Waals surface area contributed by atoms with Gasteiger partial charge in [-0.3, -0.25) is 19.5 Å². The summed E-state index contributed by atoms with van der Waals surface area (Å²) in [5.74, 6) is -0.181. The Morgan fingerprint density at radius 1 is 1.12 bits per heavy atom. The van der Waals surface area contributed by atoms with E-state index in [-0.39, 0.29) is 17.9 Å². The minimum absolute atomic E-state index is 0.113. The van der Waals surface area contributed by atoms with E-state index in [0.29, 0.717) is 47.5 Å². The number of piperazine rings is 1. The predicted molar refractivity (Wildman–Crippen MR) is 124 cm³/mol. The summed E-state index contributed by atoms with van der Waals surface area (Å²) < 4.78 is 5.54. The molecule has 2 saturated heterocycles. The van der Waals surface area contributed by atoms with Gasteiger partial charge in [-0.05, 0) is 49.1 Å². The van der Waals surface area contributed by atoms with E-state index in [1.807, 2.05) is 17.9 Å². The quantitative estimate of drug-likeness (QED) is 0.710. The van der Waals surface area contributed by atoms with Gasteiger partial charge in [0.05, 0.1) is 10.6 Å². The smallest absolute Gasteiger partial charge is 0.257 e. The van der Waals surface area contributed by atoms with Crippen LogP contribution in [0.4, 0.5) is 5.69 Å². The third-order valence-electron chi connectivity index (χ3n) is 5.98. The van der Waals surface area contributed by atoms with Crippen molar-refractivity contribution >= 4 is 40.7 Å². The fraction of sp³-hybridized carbons (Fsp3) is 0.435. The molecule has 170 valence electrons. The van der Waals surface area contributed by atoms with Crippen LogP contribution < -0.4 is 5.32 Å². The zero-order chi connectivity index (χ0) is 22.7. The van der Waals surface area contributed by atoms with Crippen LogP contribution in [-0.4, -0.2) is 65.5 Å². The highest BCUT2D eigenvalue weighted by molar-refractivity contribution is 6.31. The molecule has 0 saturated carbocycles. The van der Waals surface area contributed by atoms with Crippen molar-refractivity contribution in [3.63, 3.8) is 0 Å². The maximum atomic E-state index is 12.6. The number of hydrogen-bond acceptors (Lipinski definition) is 5. The van der Waals surface area contributed by atoms with Gasteiger partial charge in [-0.15, -0.1) is 0 Å². The average Bonchev–Trinajstić information content (AvgIpc) is 3.32. The fourth-order valence-electron chi connectivity index (χ4n) is 4.10. The van der Waals surface area contributed by atoms with Gasteiger partial charge in [0.15, 0.2) is 0 Å². The number of amides is 2. The second-order valence-electron chi connectivity index (χ2n) is 8.19. The van der Waals surface area contributed by atoms with Crippen LogP contribution in [0.1, 0.15) is 34.3 Å². The molecular formula is C23H26Cl2N4O3.